The van der Waals surface area contributed by atoms with Gasteiger partial charge in [-0.1, -0.05) is 13.8 Å². The largest absolute Gasteiger partial charge is 0.374 e. The van der Waals surface area contributed by atoms with Crippen LogP contribution in [0.15, 0.2) is 0 Å². The molecule has 0 aromatic heterocycles. The minimum absolute atomic E-state index is 0.260. The molecule has 1 fully saturated rings. The highest BCUT2D eigenvalue weighted by molar-refractivity contribution is 7.51. The summed E-state index contributed by atoms with van der Waals surface area (Å²) in [6, 6.07) is 0. The first-order valence-electron chi connectivity index (χ1n) is 3.93. The van der Waals surface area contributed by atoms with Crippen LogP contribution >= 0.6 is 8.15 Å². The maximum atomic E-state index is 9.52. The first-order valence-corrected chi connectivity index (χ1v) is 5.60. The van der Waals surface area contributed by atoms with E-state index in [1.54, 1.807) is 0 Å². The van der Waals surface area contributed by atoms with Gasteiger partial charge in [0.1, 0.15) is 0 Å². The molecule has 0 radical (unpaired) electrons. The molecule has 0 aromatic rings. The Balaban J connectivity index is 2.60. The molecule has 1 saturated heterocycles. The topological polar surface area (TPSA) is 20.2 Å². The van der Waals surface area contributed by atoms with Gasteiger partial charge in [0.05, 0.1) is 0 Å². The fourth-order valence-electron chi connectivity index (χ4n) is 1.72. The summed E-state index contributed by atoms with van der Waals surface area (Å²) in [5.41, 5.74) is 0.260. The Bertz CT molecular complexity index is 180. The van der Waals surface area contributed by atoms with E-state index in [4.69, 9.17) is 6.42 Å². The second-order valence-electron chi connectivity index (χ2n) is 4.08. The van der Waals surface area contributed by atoms with Crippen molar-refractivity contribution in [1.29, 1.82) is 0 Å². The highest BCUT2D eigenvalue weighted by Gasteiger charge is 2.32. The third-order valence-electron chi connectivity index (χ3n) is 2.08. The predicted molar refractivity (Wildman–Crippen MR) is 49.6 cm³/mol. The minimum Gasteiger partial charge on any atom is -0.374 e. The van der Waals surface area contributed by atoms with E-state index in [0.29, 0.717) is 5.92 Å². The van der Waals surface area contributed by atoms with Crippen LogP contribution in [0.25, 0.3) is 0 Å². The molecule has 0 bridgehead atoms. The Labute approximate surface area is 70.0 Å². The summed E-state index contributed by atoms with van der Waals surface area (Å²) in [7, 11) is -0.767. The van der Waals surface area contributed by atoms with Crippen molar-refractivity contribution >= 4 is 8.15 Å². The van der Waals surface area contributed by atoms with E-state index in [0.717, 1.165) is 18.7 Å². The molecule has 0 aromatic carbocycles. The average molecular weight is 170 g/mol. The van der Waals surface area contributed by atoms with Crippen molar-refractivity contribution in [3.8, 4) is 12.3 Å². The zero-order valence-electron chi connectivity index (χ0n) is 7.17. The van der Waals surface area contributed by atoms with E-state index in [1.807, 2.05) is 0 Å². The van der Waals surface area contributed by atoms with E-state index in [2.05, 4.69) is 19.8 Å². The second kappa shape index (κ2) is 3.13. The Kier molecular flexibility index (Phi) is 2.58. The first-order chi connectivity index (χ1) is 5.03. The van der Waals surface area contributed by atoms with Gasteiger partial charge < -0.3 is 4.89 Å². The number of hydrogen-bond donors (Lipinski definition) is 1. The molecule has 11 heavy (non-hydrogen) atoms. The molecule has 1 rings (SSSR count). The molecule has 0 saturated carbocycles. The van der Waals surface area contributed by atoms with Crippen molar-refractivity contribution in [1.82, 2.24) is 0 Å². The lowest BCUT2D eigenvalue weighted by atomic mass is 9.85. The smallest absolute Gasteiger partial charge is 0.0269 e. The van der Waals surface area contributed by atoms with Gasteiger partial charge in [-0.05, 0) is 18.0 Å². The van der Waals surface area contributed by atoms with Crippen LogP contribution in [0.1, 0.15) is 20.3 Å². The molecular weight excluding hydrogens is 155 g/mol. The third-order valence-corrected chi connectivity index (χ3v) is 4.16. The summed E-state index contributed by atoms with van der Waals surface area (Å²) >= 11 is 0. The van der Waals surface area contributed by atoms with Gasteiger partial charge in [-0.3, -0.25) is 0 Å². The predicted octanol–water partition coefficient (Wildman–Crippen LogP) is 2.05. The molecule has 2 atom stereocenters. The molecule has 1 heterocycles. The molecule has 1 aliphatic rings. The van der Waals surface area contributed by atoms with Crippen LogP contribution in [0, 0.1) is 23.7 Å². The molecule has 1 aliphatic heterocycles. The maximum absolute atomic E-state index is 9.52. The van der Waals surface area contributed by atoms with Crippen LogP contribution < -0.4 is 0 Å². The fourth-order valence-corrected chi connectivity index (χ4v) is 3.71. The van der Waals surface area contributed by atoms with Crippen LogP contribution in [-0.4, -0.2) is 17.2 Å². The van der Waals surface area contributed by atoms with Crippen molar-refractivity contribution in [3.63, 3.8) is 0 Å². The standard InChI is InChI=1S/C9H15OP/c1-4-8-5-9(2,3)7-11(10)6-8/h1,8,10H,5-7H2,2-3H3. The number of rotatable bonds is 0. The van der Waals surface area contributed by atoms with Crippen LogP contribution in [-0.2, 0) is 0 Å². The quantitative estimate of drug-likeness (QED) is 0.435. The highest BCUT2D eigenvalue weighted by atomic mass is 31.1. The maximum Gasteiger partial charge on any atom is 0.0269 e. The molecule has 62 valence electrons. The summed E-state index contributed by atoms with van der Waals surface area (Å²) in [5, 5.41) is 0. The van der Waals surface area contributed by atoms with Gasteiger partial charge in [0.15, 0.2) is 0 Å². The SMILES string of the molecule is C#CC1CP(O)CC(C)(C)C1. The lowest BCUT2D eigenvalue weighted by Gasteiger charge is -2.35. The molecule has 0 spiro atoms. The van der Waals surface area contributed by atoms with Crippen LogP contribution in [0.3, 0.4) is 0 Å². The Morgan fingerprint density at radius 1 is 1.64 bits per heavy atom. The van der Waals surface area contributed by atoms with Crippen molar-refractivity contribution in [2.24, 2.45) is 11.3 Å². The number of terminal acetylenes is 1. The second-order valence-corrected chi connectivity index (χ2v) is 5.77. The van der Waals surface area contributed by atoms with E-state index in [9.17, 15) is 4.89 Å². The summed E-state index contributed by atoms with van der Waals surface area (Å²) in [5.74, 6) is 3.06. The zero-order chi connectivity index (χ0) is 8.48. The zero-order valence-corrected chi connectivity index (χ0v) is 8.06. The van der Waals surface area contributed by atoms with E-state index >= 15 is 0 Å². The summed E-state index contributed by atoms with van der Waals surface area (Å²) in [4.78, 5) is 9.52. The summed E-state index contributed by atoms with van der Waals surface area (Å²) < 4.78 is 0. The van der Waals surface area contributed by atoms with Gasteiger partial charge in [0, 0.05) is 20.2 Å². The van der Waals surface area contributed by atoms with Crippen LogP contribution in [0.5, 0.6) is 0 Å². The van der Waals surface area contributed by atoms with Crippen molar-refractivity contribution in [2.45, 2.75) is 20.3 Å². The molecule has 1 nitrogen and oxygen atoms in total. The van der Waals surface area contributed by atoms with Gasteiger partial charge in [-0.2, -0.15) is 0 Å². The normalized spacial score (nSPS) is 36.2. The number of hydrogen-bond acceptors (Lipinski definition) is 1. The van der Waals surface area contributed by atoms with Gasteiger partial charge in [0.25, 0.3) is 0 Å². The molecule has 2 unspecified atom stereocenters. The lowest BCUT2D eigenvalue weighted by molar-refractivity contribution is 0.324. The summed E-state index contributed by atoms with van der Waals surface area (Å²) in [6.45, 7) is 4.37. The van der Waals surface area contributed by atoms with Gasteiger partial charge in [-0.15, -0.1) is 12.3 Å². The van der Waals surface area contributed by atoms with Gasteiger partial charge in [-0.25, -0.2) is 0 Å². The van der Waals surface area contributed by atoms with Crippen LogP contribution in [0.2, 0.25) is 0 Å². The van der Waals surface area contributed by atoms with E-state index < -0.39 is 8.15 Å². The molecule has 0 aliphatic carbocycles. The van der Waals surface area contributed by atoms with Crippen LogP contribution in [0.4, 0.5) is 0 Å². The van der Waals surface area contributed by atoms with E-state index in [-0.39, 0.29) is 5.41 Å². The van der Waals surface area contributed by atoms with Crippen molar-refractivity contribution in [2.75, 3.05) is 12.3 Å². The van der Waals surface area contributed by atoms with E-state index in [1.165, 1.54) is 0 Å². The molecule has 2 heteroatoms. The van der Waals surface area contributed by atoms with Gasteiger partial charge >= 0.3 is 0 Å². The van der Waals surface area contributed by atoms with Gasteiger partial charge in [0.2, 0.25) is 0 Å². The molecular formula is C9H15OP. The monoisotopic (exact) mass is 170 g/mol. The average Bonchev–Trinajstić information content (AvgIpc) is 1.83. The van der Waals surface area contributed by atoms with Crippen molar-refractivity contribution < 1.29 is 4.89 Å². The van der Waals surface area contributed by atoms with Crippen molar-refractivity contribution in [3.05, 3.63) is 0 Å². The summed E-state index contributed by atoms with van der Waals surface area (Å²) in [6.07, 6.45) is 8.22. The Hall–Kier alpha value is -0.0500. The lowest BCUT2D eigenvalue weighted by Crippen LogP contribution is -2.27. The minimum atomic E-state index is -0.767. The first kappa shape index (κ1) is 9.04. The molecule has 1 N–H and O–H groups in total. The third kappa shape index (κ3) is 2.47. The molecule has 0 amide bonds. The fraction of sp³-hybridized carbons (Fsp3) is 0.778. The Morgan fingerprint density at radius 3 is 2.73 bits per heavy atom. The highest BCUT2D eigenvalue weighted by Crippen LogP contribution is 2.48. The Morgan fingerprint density at radius 2 is 2.27 bits per heavy atom.